The number of nitrogens with two attached hydrogens (primary N) is 1. The second kappa shape index (κ2) is 8.71. The molecule has 3 aromatic rings. The summed E-state index contributed by atoms with van der Waals surface area (Å²) < 4.78 is 5.83. The lowest BCUT2D eigenvalue weighted by atomic mass is 9.99. The minimum atomic E-state index is -0.499. The van der Waals surface area contributed by atoms with Gasteiger partial charge in [0, 0.05) is 31.9 Å². The molecule has 0 unspecified atom stereocenters. The summed E-state index contributed by atoms with van der Waals surface area (Å²) in [7, 11) is 0. The van der Waals surface area contributed by atoms with Gasteiger partial charge in [0.05, 0.1) is 5.56 Å². The summed E-state index contributed by atoms with van der Waals surface area (Å²) in [6.07, 6.45) is 6.80. The van der Waals surface area contributed by atoms with Crippen LogP contribution in [0.1, 0.15) is 27.0 Å². The first-order valence-corrected chi connectivity index (χ1v) is 9.67. The average Bonchev–Trinajstić information content (AvgIpc) is 2.75. The van der Waals surface area contributed by atoms with Crippen LogP contribution in [0.25, 0.3) is 6.08 Å². The maximum absolute atomic E-state index is 11.1. The molecule has 5 heteroatoms. The maximum Gasteiger partial charge on any atom is 0.250 e. The zero-order valence-corrected chi connectivity index (χ0v) is 16.1. The molecule has 0 fully saturated rings. The van der Waals surface area contributed by atoms with Crippen molar-refractivity contribution >= 4 is 12.0 Å². The van der Waals surface area contributed by atoms with E-state index in [0.29, 0.717) is 11.4 Å². The molecule has 2 heterocycles. The van der Waals surface area contributed by atoms with Crippen molar-refractivity contribution in [2.45, 2.75) is 13.0 Å². The number of pyridine rings is 1. The Bertz CT molecular complexity index is 1010. The Morgan fingerprint density at radius 3 is 2.72 bits per heavy atom. The van der Waals surface area contributed by atoms with E-state index >= 15 is 0 Å². The first-order valence-electron chi connectivity index (χ1n) is 9.67. The number of aromatic nitrogens is 1. The molecular formula is C24H23N3O2. The van der Waals surface area contributed by atoms with Crippen molar-refractivity contribution in [1.82, 2.24) is 9.88 Å². The lowest BCUT2D eigenvalue weighted by Crippen LogP contribution is -2.30. The van der Waals surface area contributed by atoms with Crippen LogP contribution in [0.4, 0.5) is 0 Å². The molecule has 0 aliphatic carbocycles. The smallest absolute Gasteiger partial charge is 0.250 e. The quantitative estimate of drug-likeness (QED) is 0.695. The van der Waals surface area contributed by atoms with Gasteiger partial charge in [-0.2, -0.15) is 0 Å². The van der Waals surface area contributed by atoms with E-state index < -0.39 is 5.91 Å². The summed E-state index contributed by atoms with van der Waals surface area (Å²) >= 11 is 0. The molecule has 2 aromatic carbocycles. The predicted octanol–water partition coefficient (Wildman–Crippen LogP) is 4.04. The molecule has 0 radical (unpaired) electrons. The normalized spacial score (nSPS) is 13.9. The van der Waals surface area contributed by atoms with Gasteiger partial charge in [-0.15, -0.1) is 0 Å². The predicted molar refractivity (Wildman–Crippen MR) is 114 cm³/mol. The van der Waals surface area contributed by atoms with Crippen LogP contribution in [0.2, 0.25) is 0 Å². The molecule has 0 bridgehead atoms. The van der Waals surface area contributed by atoms with Gasteiger partial charge in [-0.3, -0.25) is 9.69 Å². The monoisotopic (exact) mass is 385 g/mol. The number of ether oxygens (including phenoxy) is 1. The Labute approximate surface area is 170 Å². The van der Waals surface area contributed by atoms with Gasteiger partial charge in [0.15, 0.2) is 0 Å². The summed E-state index contributed by atoms with van der Waals surface area (Å²) in [6.45, 7) is 2.88. The maximum atomic E-state index is 11.1. The van der Waals surface area contributed by atoms with Crippen molar-refractivity contribution in [1.29, 1.82) is 0 Å². The van der Waals surface area contributed by atoms with Gasteiger partial charge in [-0.1, -0.05) is 48.6 Å². The molecule has 0 spiro atoms. The first-order chi connectivity index (χ1) is 14.2. The molecule has 1 amide bonds. The van der Waals surface area contributed by atoms with Gasteiger partial charge in [-0.05, 0) is 41.3 Å². The molecule has 4 rings (SSSR count). The molecule has 0 saturated heterocycles. The summed E-state index contributed by atoms with van der Waals surface area (Å²) in [6, 6.07) is 19.8. The molecule has 5 nitrogen and oxygen atoms in total. The van der Waals surface area contributed by atoms with Crippen molar-refractivity contribution in [3.63, 3.8) is 0 Å². The standard InChI is InChI=1S/C24H23N3O2/c25-24(28)20-9-11-23(26-16-20)29-22-10-8-21-17-27(14-12-19(21)15-22)13-4-7-18-5-2-1-3-6-18/h1-11,15-16H,12-14,17H2,(H2,25,28). The zero-order chi connectivity index (χ0) is 20.1. The lowest BCUT2D eigenvalue weighted by molar-refractivity contribution is 0.1000. The van der Waals surface area contributed by atoms with E-state index in [-0.39, 0.29) is 0 Å². The SMILES string of the molecule is NC(=O)c1ccc(Oc2ccc3c(c2)CCN(CC=Cc2ccccc2)C3)nc1. The van der Waals surface area contributed by atoms with Crippen LogP contribution in [0.15, 0.2) is 72.9 Å². The van der Waals surface area contributed by atoms with Crippen molar-refractivity contribution in [3.8, 4) is 11.6 Å². The van der Waals surface area contributed by atoms with Crippen molar-refractivity contribution in [3.05, 3.63) is 95.2 Å². The van der Waals surface area contributed by atoms with Gasteiger partial charge in [0.1, 0.15) is 5.75 Å². The lowest BCUT2D eigenvalue weighted by Gasteiger charge is -2.28. The number of fused-ring (bicyclic) bond motifs is 1. The van der Waals surface area contributed by atoms with E-state index in [9.17, 15) is 4.79 Å². The Morgan fingerprint density at radius 2 is 1.97 bits per heavy atom. The van der Waals surface area contributed by atoms with Crippen LogP contribution in [0, 0.1) is 0 Å². The third-order valence-corrected chi connectivity index (χ3v) is 4.99. The average molecular weight is 385 g/mol. The van der Waals surface area contributed by atoms with Crippen molar-refractivity contribution in [2.24, 2.45) is 5.73 Å². The zero-order valence-electron chi connectivity index (χ0n) is 16.1. The largest absolute Gasteiger partial charge is 0.439 e. The van der Waals surface area contributed by atoms with E-state index in [1.165, 1.54) is 22.9 Å². The Kier molecular flexibility index (Phi) is 5.68. The first kappa shape index (κ1) is 18.9. The van der Waals surface area contributed by atoms with Crippen LogP contribution in [0.3, 0.4) is 0 Å². The number of hydrogen-bond donors (Lipinski definition) is 1. The second-order valence-corrected chi connectivity index (χ2v) is 7.08. The molecule has 1 aliphatic heterocycles. The van der Waals surface area contributed by atoms with E-state index in [2.05, 4.69) is 58.4 Å². The molecule has 2 N–H and O–H groups in total. The fourth-order valence-electron chi connectivity index (χ4n) is 3.42. The molecule has 0 saturated carbocycles. The number of carbonyl (C=O) groups excluding carboxylic acids is 1. The Morgan fingerprint density at radius 1 is 1.10 bits per heavy atom. The van der Waals surface area contributed by atoms with E-state index in [0.717, 1.165) is 31.8 Å². The number of carbonyl (C=O) groups is 1. The summed E-state index contributed by atoms with van der Waals surface area (Å²) in [4.78, 5) is 17.7. The fraction of sp³-hybridized carbons (Fsp3) is 0.167. The van der Waals surface area contributed by atoms with E-state index in [1.54, 1.807) is 12.1 Å². The third kappa shape index (κ3) is 4.89. The van der Waals surface area contributed by atoms with Gasteiger partial charge >= 0.3 is 0 Å². The summed E-state index contributed by atoms with van der Waals surface area (Å²) in [5, 5.41) is 0. The third-order valence-electron chi connectivity index (χ3n) is 4.99. The van der Waals surface area contributed by atoms with Gasteiger partial charge in [0.25, 0.3) is 0 Å². The molecule has 1 aromatic heterocycles. The van der Waals surface area contributed by atoms with Crippen LogP contribution < -0.4 is 10.5 Å². The van der Waals surface area contributed by atoms with E-state index in [4.69, 9.17) is 10.5 Å². The second-order valence-electron chi connectivity index (χ2n) is 7.08. The molecule has 29 heavy (non-hydrogen) atoms. The topological polar surface area (TPSA) is 68.5 Å². The van der Waals surface area contributed by atoms with Crippen LogP contribution >= 0.6 is 0 Å². The summed E-state index contributed by atoms with van der Waals surface area (Å²) in [5.74, 6) is 0.694. The highest BCUT2D eigenvalue weighted by atomic mass is 16.5. The number of rotatable bonds is 6. The fourth-order valence-corrected chi connectivity index (χ4v) is 3.42. The highest BCUT2D eigenvalue weighted by Gasteiger charge is 2.16. The number of nitrogens with zero attached hydrogens (tertiary/aromatic N) is 2. The van der Waals surface area contributed by atoms with Crippen LogP contribution in [-0.4, -0.2) is 28.9 Å². The van der Waals surface area contributed by atoms with Crippen LogP contribution in [-0.2, 0) is 13.0 Å². The number of amides is 1. The highest BCUT2D eigenvalue weighted by Crippen LogP contribution is 2.26. The van der Waals surface area contributed by atoms with Crippen molar-refractivity contribution < 1.29 is 9.53 Å². The van der Waals surface area contributed by atoms with E-state index in [1.807, 2.05) is 12.1 Å². The minimum absolute atomic E-state index is 0.365. The number of hydrogen-bond acceptors (Lipinski definition) is 4. The van der Waals surface area contributed by atoms with Gasteiger partial charge in [0.2, 0.25) is 11.8 Å². The minimum Gasteiger partial charge on any atom is -0.439 e. The molecule has 1 aliphatic rings. The van der Waals surface area contributed by atoms with Gasteiger partial charge < -0.3 is 10.5 Å². The molecule has 0 atom stereocenters. The Hall–Kier alpha value is -3.44. The van der Waals surface area contributed by atoms with Crippen molar-refractivity contribution in [2.75, 3.05) is 13.1 Å². The molecular weight excluding hydrogens is 362 g/mol. The number of benzene rings is 2. The summed E-state index contributed by atoms with van der Waals surface area (Å²) in [5.41, 5.74) is 9.46. The highest BCUT2D eigenvalue weighted by molar-refractivity contribution is 5.92. The number of primary amides is 1. The van der Waals surface area contributed by atoms with Gasteiger partial charge in [-0.25, -0.2) is 4.98 Å². The Balaban J connectivity index is 1.36. The molecule has 146 valence electrons. The van der Waals surface area contributed by atoms with Crippen LogP contribution in [0.5, 0.6) is 11.6 Å².